The van der Waals surface area contributed by atoms with E-state index in [1.807, 2.05) is 6.07 Å². The number of nitrogens with zero attached hydrogens (tertiary/aromatic N) is 1. The minimum absolute atomic E-state index is 0.283. The molecule has 1 aromatic rings. The second-order valence-corrected chi connectivity index (χ2v) is 6.47. The summed E-state index contributed by atoms with van der Waals surface area (Å²) in [6.07, 6.45) is 5.29. The summed E-state index contributed by atoms with van der Waals surface area (Å²) in [7, 11) is 0. The molecular formula is C14H18BrFN2. The van der Waals surface area contributed by atoms with Crippen molar-refractivity contribution in [3.05, 3.63) is 22.4 Å². The molecule has 0 aliphatic heterocycles. The number of hydrogen-bond donors (Lipinski definition) is 1. The van der Waals surface area contributed by atoms with Crippen molar-refractivity contribution in [1.82, 2.24) is 0 Å². The molecule has 1 aromatic carbocycles. The van der Waals surface area contributed by atoms with Gasteiger partial charge < -0.3 is 10.6 Å². The minimum Gasteiger partial charge on any atom is -0.397 e. The minimum atomic E-state index is -0.283. The first kappa shape index (κ1) is 12.3. The summed E-state index contributed by atoms with van der Waals surface area (Å²) in [5, 5.41) is 0. The van der Waals surface area contributed by atoms with Crippen LogP contribution < -0.4 is 10.6 Å². The van der Waals surface area contributed by atoms with Gasteiger partial charge in [-0.2, -0.15) is 0 Å². The first-order valence-corrected chi connectivity index (χ1v) is 7.42. The van der Waals surface area contributed by atoms with E-state index < -0.39 is 0 Å². The molecule has 18 heavy (non-hydrogen) atoms. The molecule has 0 spiro atoms. The largest absolute Gasteiger partial charge is 0.397 e. The zero-order valence-corrected chi connectivity index (χ0v) is 11.9. The Morgan fingerprint density at radius 1 is 1.17 bits per heavy atom. The average molecular weight is 313 g/mol. The third-order valence-electron chi connectivity index (χ3n) is 3.76. The van der Waals surface area contributed by atoms with E-state index in [-0.39, 0.29) is 5.82 Å². The van der Waals surface area contributed by atoms with Crippen LogP contribution in [0.3, 0.4) is 0 Å². The van der Waals surface area contributed by atoms with Crippen LogP contribution in [0.5, 0.6) is 0 Å². The highest BCUT2D eigenvalue weighted by atomic mass is 79.9. The van der Waals surface area contributed by atoms with Crippen molar-refractivity contribution in [1.29, 1.82) is 0 Å². The second kappa shape index (κ2) is 4.72. The lowest BCUT2D eigenvalue weighted by Gasteiger charge is -2.26. The molecule has 0 bridgehead atoms. The van der Waals surface area contributed by atoms with Crippen LogP contribution in [-0.4, -0.2) is 13.1 Å². The van der Waals surface area contributed by atoms with E-state index in [2.05, 4.69) is 20.8 Å². The highest BCUT2D eigenvalue weighted by molar-refractivity contribution is 9.10. The smallest absolute Gasteiger partial charge is 0.139 e. The number of benzene rings is 1. The van der Waals surface area contributed by atoms with E-state index >= 15 is 0 Å². The van der Waals surface area contributed by atoms with E-state index in [0.29, 0.717) is 10.2 Å². The Balaban J connectivity index is 1.84. The quantitative estimate of drug-likeness (QED) is 0.838. The maximum atomic E-state index is 13.4. The highest BCUT2D eigenvalue weighted by Crippen LogP contribution is 2.38. The summed E-state index contributed by atoms with van der Waals surface area (Å²) in [5.74, 6) is 1.34. The van der Waals surface area contributed by atoms with Crippen molar-refractivity contribution in [2.75, 3.05) is 23.7 Å². The third-order valence-corrected chi connectivity index (χ3v) is 4.37. The molecule has 0 unspecified atom stereocenters. The average Bonchev–Trinajstić information content (AvgIpc) is 3.17. The van der Waals surface area contributed by atoms with Crippen molar-refractivity contribution in [3.63, 3.8) is 0 Å². The molecule has 0 atom stereocenters. The maximum Gasteiger partial charge on any atom is 0.139 e. The number of nitrogens with two attached hydrogens (primary N) is 1. The van der Waals surface area contributed by atoms with Crippen LogP contribution >= 0.6 is 15.9 Å². The third kappa shape index (κ3) is 2.79. The molecule has 2 nitrogen and oxygen atoms in total. The lowest BCUT2D eigenvalue weighted by Crippen LogP contribution is -2.28. The maximum absolute atomic E-state index is 13.4. The van der Waals surface area contributed by atoms with Crippen LogP contribution in [0.4, 0.5) is 15.8 Å². The van der Waals surface area contributed by atoms with E-state index in [9.17, 15) is 4.39 Å². The SMILES string of the molecule is Nc1cc(F)c(Br)cc1N(CC1CC1)CC1CC1. The summed E-state index contributed by atoms with van der Waals surface area (Å²) in [6, 6.07) is 3.25. The molecule has 2 aliphatic carbocycles. The topological polar surface area (TPSA) is 29.3 Å². The van der Waals surface area contributed by atoms with Crippen LogP contribution in [0.2, 0.25) is 0 Å². The number of anilines is 2. The van der Waals surface area contributed by atoms with E-state index in [0.717, 1.165) is 30.6 Å². The summed E-state index contributed by atoms with van der Waals surface area (Å²) in [4.78, 5) is 2.36. The Morgan fingerprint density at radius 2 is 1.72 bits per heavy atom. The molecule has 2 saturated carbocycles. The van der Waals surface area contributed by atoms with Gasteiger partial charge in [-0.05, 0) is 59.5 Å². The normalized spacial score (nSPS) is 19.0. The Hall–Kier alpha value is -0.770. The molecule has 0 heterocycles. The fourth-order valence-corrected chi connectivity index (χ4v) is 2.65. The van der Waals surface area contributed by atoms with E-state index in [1.165, 1.54) is 31.7 Å². The standard InChI is InChI=1S/C14H18BrFN2/c15-11-5-14(13(17)6-12(11)16)18(7-9-1-2-9)8-10-3-4-10/h5-6,9-10H,1-4,7-8,17H2. The van der Waals surface area contributed by atoms with Crippen LogP contribution in [-0.2, 0) is 0 Å². The molecule has 98 valence electrons. The first-order chi connectivity index (χ1) is 8.63. The Morgan fingerprint density at radius 3 is 2.22 bits per heavy atom. The molecule has 0 radical (unpaired) electrons. The number of rotatable bonds is 5. The lowest BCUT2D eigenvalue weighted by atomic mass is 10.2. The molecule has 0 aromatic heterocycles. The fourth-order valence-electron chi connectivity index (χ4n) is 2.32. The number of nitrogen functional groups attached to an aromatic ring is 1. The van der Waals surface area contributed by atoms with Gasteiger partial charge in [0, 0.05) is 19.2 Å². The van der Waals surface area contributed by atoms with E-state index in [4.69, 9.17) is 5.73 Å². The molecule has 2 fully saturated rings. The molecule has 2 N–H and O–H groups in total. The second-order valence-electron chi connectivity index (χ2n) is 5.62. The van der Waals surface area contributed by atoms with Crippen molar-refractivity contribution in [2.45, 2.75) is 25.7 Å². The van der Waals surface area contributed by atoms with Gasteiger partial charge in [0.1, 0.15) is 5.82 Å². The van der Waals surface area contributed by atoms with Crippen molar-refractivity contribution in [3.8, 4) is 0 Å². The summed E-state index contributed by atoms with van der Waals surface area (Å²) in [6.45, 7) is 2.14. The molecule has 2 aliphatic rings. The van der Waals surface area contributed by atoms with E-state index in [1.54, 1.807) is 0 Å². The molecule has 4 heteroatoms. The monoisotopic (exact) mass is 312 g/mol. The van der Waals surface area contributed by atoms with Crippen molar-refractivity contribution in [2.24, 2.45) is 11.8 Å². The zero-order chi connectivity index (χ0) is 12.7. The molecule has 3 rings (SSSR count). The van der Waals surface area contributed by atoms with Crippen LogP contribution in [0, 0.1) is 17.7 Å². The molecule has 0 saturated heterocycles. The van der Waals surface area contributed by atoms with Gasteiger partial charge in [0.2, 0.25) is 0 Å². The summed E-state index contributed by atoms with van der Waals surface area (Å²) < 4.78 is 13.9. The van der Waals surface area contributed by atoms with Gasteiger partial charge in [0.15, 0.2) is 0 Å². The summed E-state index contributed by atoms with van der Waals surface area (Å²) in [5.41, 5.74) is 7.52. The highest BCUT2D eigenvalue weighted by Gasteiger charge is 2.30. The van der Waals surface area contributed by atoms with Crippen LogP contribution in [0.1, 0.15) is 25.7 Å². The van der Waals surface area contributed by atoms with Gasteiger partial charge in [0.05, 0.1) is 15.8 Å². The van der Waals surface area contributed by atoms with Gasteiger partial charge in [0.25, 0.3) is 0 Å². The lowest BCUT2D eigenvalue weighted by molar-refractivity contribution is 0.620. The van der Waals surface area contributed by atoms with Crippen LogP contribution in [0.15, 0.2) is 16.6 Å². The first-order valence-electron chi connectivity index (χ1n) is 6.63. The van der Waals surface area contributed by atoms with Gasteiger partial charge in [-0.1, -0.05) is 0 Å². The predicted octanol–water partition coefficient (Wildman–Crippen LogP) is 3.80. The van der Waals surface area contributed by atoms with Gasteiger partial charge in [-0.15, -0.1) is 0 Å². The van der Waals surface area contributed by atoms with Crippen molar-refractivity contribution >= 4 is 27.3 Å². The van der Waals surface area contributed by atoms with Gasteiger partial charge >= 0.3 is 0 Å². The fraction of sp³-hybridized carbons (Fsp3) is 0.571. The Labute approximate surface area is 115 Å². The molecule has 0 amide bonds. The van der Waals surface area contributed by atoms with Gasteiger partial charge in [-0.3, -0.25) is 0 Å². The van der Waals surface area contributed by atoms with Gasteiger partial charge in [-0.25, -0.2) is 4.39 Å². The van der Waals surface area contributed by atoms with Crippen molar-refractivity contribution < 1.29 is 4.39 Å². The molecular weight excluding hydrogens is 295 g/mol. The number of halogens is 2. The Kier molecular flexibility index (Phi) is 3.22. The number of hydrogen-bond acceptors (Lipinski definition) is 2. The Bertz CT molecular complexity index is 441. The zero-order valence-electron chi connectivity index (χ0n) is 10.3. The van der Waals surface area contributed by atoms with Crippen LogP contribution in [0.25, 0.3) is 0 Å². The predicted molar refractivity (Wildman–Crippen MR) is 76.2 cm³/mol. The summed E-state index contributed by atoms with van der Waals surface area (Å²) >= 11 is 3.25.